The van der Waals surface area contributed by atoms with Crippen molar-refractivity contribution in [3.05, 3.63) is 66.0 Å². The first-order valence-electron chi connectivity index (χ1n) is 7.51. The minimum atomic E-state index is -0.246. The Morgan fingerprint density at radius 1 is 1.30 bits per heavy atom. The Balaban J connectivity index is 1.59. The third kappa shape index (κ3) is 2.44. The van der Waals surface area contributed by atoms with Crippen LogP contribution >= 0.6 is 0 Å². The molecule has 0 radical (unpaired) electrons. The maximum atomic E-state index is 13.5. The van der Waals surface area contributed by atoms with Crippen LogP contribution in [-0.2, 0) is 0 Å². The number of furan rings is 1. The summed E-state index contributed by atoms with van der Waals surface area (Å²) in [5.74, 6) is 0.00988. The van der Waals surface area contributed by atoms with Crippen molar-refractivity contribution < 1.29 is 13.6 Å². The van der Waals surface area contributed by atoms with Crippen LogP contribution in [0.4, 0.5) is 4.39 Å². The van der Waals surface area contributed by atoms with Gasteiger partial charge in [0.05, 0.1) is 6.26 Å². The van der Waals surface area contributed by atoms with E-state index in [1.165, 1.54) is 12.3 Å². The molecule has 0 atom stereocenters. The monoisotopic (exact) mass is 310 g/mol. The Morgan fingerprint density at radius 3 is 2.96 bits per heavy atom. The summed E-state index contributed by atoms with van der Waals surface area (Å²) < 4.78 is 18.6. The smallest absolute Gasteiger partial charge is 0.289 e. The van der Waals surface area contributed by atoms with Crippen molar-refractivity contribution in [1.82, 2.24) is 9.88 Å². The second-order valence-corrected chi connectivity index (χ2v) is 5.60. The molecule has 1 aliphatic rings. The fourth-order valence-electron chi connectivity index (χ4n) is 3.01. The van der Waals surface area contributed by atoms with E-state index in [1.807, 2.05) is 12.3 Å². The van der Waals surface area contributed by atoms with Gasteiger partial charge in [-0.2, -0.15) is 0 Å². The lowest BCUT2D eigenvalue weighted by Gasteiger charge is -2.25. The minimum Gasteiger partial charge on any atom is -0.459 e. The molecule has 0 aliphatic carbocycles. The van der Waals surface area contributed by atoms with Crippen LogP contribution < -0.4 is 0 Å². The first-order valence-corrected chi connectivity index (χ1v) is 7.51. The van der Waals surface area contributed by atoms with Crippen LogP contribution in [0, 0.1) is 5.82 Å². The zero-order chi connectivity index (χ0) is 15.8. The number of aromatic amines is 1. The van der Waals surface area contributed by atoms with Gasteiger partial charge in [0.15, 0.2) is 5.76 Å². The van der Waals surface area contributed by atoms with Crippen LogP contribution in [0.25, 0.3) is 16.5 Å². The van der Waals surface area contributed by atoms with Gasteiger partial charge in [-0.1, -0.05) is 6.08 Å². The van der Waals surface area contributed by atoms with E-state index in [4.69, 9.17) is 4.42 Å². The summed E-state index contributed by atoms with van der Waals surface area (Å²) in [5, 5.41) is 0.877. The Kier molecular flexibility index (Phi) is 3.26. The van der Waals surface area contributed by atoms with Crippen molar-refractivity contribution in [2.75, 3.05) is 13.1 Å². The molecule has 3 aromatic rings. The van der Waals surface area contributed by atoms with E-state index >= 15 is 0 Å². The van der Waals surface area contributed by atoms with Crippen molar-refractivity contribution in [3.63, 3.8) is 0 Å². The lowest BCUT2D eigenvalue weighted by Crippen LogP contribution is -2.34. The Morgan fingerprint density at radius 2 is 2.22 bits per heavy atom. The Hall–Kier alpha value is -2.82. The molecule has 0 saturated heterocycles. The van der Waals surface area contributed by atoms with Crippen molar-refractivity contribution in [3.8, 4) is 0 Å². The molecule has 1 N–H and O–H groups in total. The molecule has 0 bridgehead atoms. The average Bonchev–Trinajstić information content (AvgIpc) is 3.24. The van der Waals surface area contributed by atoms with Gasteiger partial charge in [0, 0.05) is 35.8 Å². The van der Waals surface area contributed by atoms with E-state index in [1.54, 1.807) is 29.2 Å². The number of rotatable bonds is 2. The molecule has 0 saturated carbocycles. The van der Waals surface area contributed by atoms with E-state index in [9.17, 15) is 9.18 Å². The normalized spacial score (nSPS) is 15.0. The van der Waals surface area contributed by atoms with Gasteiger partial charge < -0.3 is 14.3 Å². The molecule has 1 aliphatic heterocycles. The average molecular weight is 310 g/mol. The number of carbonyl (C=O) groups excluding carboxylic acids is 1. The first kappa shape index (κ1) is 13.8. The number of hydrogen-bond acceptors (Lipinski definition) is 2. The molecule has 0 fully saturated rings. The van der Waals surface area contributed by atoms with Gasteiger partial charge >= 0.3 is 0 Å². The number of fused-ring (bicyclic) bond motifs is 1. The highest BCUT2D eigenvalue weighted by molar-refractivity contribution is 5.94. The molecule has 4 rings (SSSR count). The van der Waals surface area contributed by atoms with Crippen molar-refractivity contribution in [2.45, 2.75) is 6.42 Å². The van der Waals surface area contributed by atoms with Gasteiger partial charge in [-0.25, -0.2) is 4.39 Å². The number of H-pyrrole nitrogens is 1. The van der Waals surface area contributed by atoms with E-state index < -0.39 is 0 Å². The molecule has 3 heterocycles. The lowest BCUT2D eigenvalue weighted by atomic mass is 9.99. The van der Waals surface area contributed by atoms with Gasteiger partial charge in [-0.3, -0.25) is 4.79 Å². The molecule has 1 aromatic carbocycles. The number of carbonyl (C=O) groups is 1. The third-order valence-electron chi connectivity index (χ3n) is 4.22. The maximum absolute atomic E-state index is 13.5. The second-order valence-electron chi connectivity index (χ2n) is 5.60. The van der Waals surface area contributed by atoms with E-state index in [0.29, 0.717) is 18.8 Å². The van der Waals surface area contributed by atoms with E-state index in [-0.39, 0.29) is 11.7 Å². The van der Waals surface area contributed by atoms with Crippen molar-refractivity contribution >= 4 is 22.4 Å². The van der Waals surface area contributed by atoms with Crippen LogP contribution in [0.2, 0.25) is 0 Å². The fourth-order valence-corrected chi connectivity index (χ4v) is 3.01. The van der Waals surface area contributed by atoms with Crippen LogP contribution in [-0.4, -0.2) is 28.9 Å². The molecule has 116 valence electrons. The molecule has 5 heteroatoms. The SMILES string of the molecule is O=C(c1ccco1)N1CC=C(c2c[nH]c3ccc(F)cc23)CC1. The van der Waals surface area contributed by atoms with Crippen LogP contribution in [0.3, 0.4) is 0 Å². The molecule has 2 aromatic heterocycles. The number of benzene rings is 1. The van der Waals surface area contributed by atoms with Crippen LogP contribution in [0.1, 0.15) is 22.5 Å². The standard InChI is InChI=1S/C18H15FN2O2/c19-13-3-4-16-14(10-13)15(11-20-16)12-5-7-21(8-6-12)18(22)17-2-1-9-23-17/h1-5,9-11,20H,6-8H2. The van der Waals surface area contributed by atoms with Crippen molar-refractivity contribution in [1.29, 1.82) is 0 Å². The molecule has 0 unspecified atom stereocenters. The highest BCUT2D eigenvalue weighted by atomic mass is 19.1. The minimum absolute atomic E-state index is 0.102. The van der Waals surface area contributed by atoms with Crippen molar-refractivity contribution in [2.24, 2.45) is 0 Å². The topological polar surface area (TPSA) is 49.2 Å². The Bertz CT molecular complexity index is 893. The molecule has 0 spiro atoms. The number of nitrogens with one attached hydrogen (secondary N) is 1. The predicted octanol–water partition coefficient (Wildman–Crippen LogP) is 3.83. The summed E-state index contributed by atoms with van der Waals surface area (Å²) in [5.41, 5.74) is 3.05. The summed E-state index contributed by atoms with van der Waals surface area (Å²) in [6.07, 6.45) is 6.16. The maximum Gasteiger partial charge on any atom is 0.289 e. The number of amides is 1. The van der Waals surface area contributed by atoms with Gasteiger partial charge in [0.1, 0.15) is 5.82 Å². The first-order chi connectivity index (χ1) is 11.2. The van der Waals surface area contributed by atoms with Gasteiger partial charge in [-0.15, -0.1) is 0 Å². The summed E-state index contributed by atoms with van der Waals surface area (Å²) in [6, 6.07) is 8.11. The molecule has 23 heavy (non-hydrogen) atoms. The zero-order valence-corrected chi connectivity index (χ0v) is 12.4. The third-order valence-corrected chi connectivity index (χ3v) is 4.22. The number of hydrogen-bond donors (Lipinski definition) is 1. The summed E-state index contributed by atoms with van der Waals surface area (Å²) in [4.78, 5) is 17.2. The van der Waals surface area contributed by atoms with Gasteiger partial charge in [-0.05, 0) is 42.3 Å². The highest BCUT2D eigenvalue weighted by Gasteiger charge is 2.22. The highest BCUT2D eigenvalue weighted by Crippen LogP contribution is 2.30. The zero-order valence-electron chi connectivity index (χ0n) is 12.4. The largest absolute Gasteiger partial charge is 0.459 e. The van der Waals surface area contributed by atoms with Gasteiger partial charge in [0.2, 0.25) is 0 Å². The molecule has 4 nitrogen and oxygen atoms in total. The van der Waals surface area contributed by atoms with Gasteiger partial charge in [0.25, 0.3) is 5.91 Å². The van der Waals surface area contributed by atoms with Crippen LogP contribution in [0.5, 0.6) is 0 Å². The molecular formula is C18H15FN2O2. The molecular weight excluding hydrogens is 295 g/mol. The summed E-state index contributed by atoms with van der Waals surface area (Å²) >= 11 is 0. The Labute approximate surface area is 132 Å². The molecule has 1 amide bonds. The lowest BCUT2D eigenvalue weighted by molar-refractivity contribution is 0.0741. The number of aromatic nitrogens is 1. The second kappa shape index (κ2) is 5.43. The number of halogens is 1. The predicted molar refractivity (Wildman–Crippen MR) is 85.5 cm³/mol. The van der Waals surface area contributed by atoms with Crippen LogP contribution in [0.15, 0.2) is 53.3 Å². The number of nitrogens with zero attached hydrogens (tertiary/aromatic N) is 1. The van der Waals surface area contributed by atoms with E-state index in [2.05, 4.69) is 4.98 Å². The van der Waals surface area contributed by atoms with E-state index in [0.717, 1.165) is 28.5 Å². The summed E-state index contributed by atoms with van der Waals surface area (Å²) in [7, 11) is 0. The summed E-state index contributed by atoms with van der Waals surface area (Å²) in [6.45, 7) is 1.14. The fraction of sp³-hybridized carbons (Fsp3) is 0.167. The quantitative estimate of drug-likeness (QED) is 0.782.